The van der Waals surface area contributed by atoms with Crippen LogP contribution in [0.15, 0.2) is 135 Å². The number of hydrogen-bond donors (Lipinski definition) is 0. The van der Waals surface area contributed by atoms with Crippen LogP contribution < -0.4 is 0 Å². The van der Waals surface area contributed by atoms with E-state index in [1.807, 2.05) is 48.5 Å². The van der Waals surface area contributed by atoms with Gasteiger partial charge in [0.1, 0.15) is 11.6 Å². The summed E-state index contributed by atoms with van der Waals surface area (Å²) < 4.78 is 27.4. The normalized spacial score (nSPS) is 10.9. The molecule has 5 aromatic carbocycles. The monoisotopic (exact) mass is 544 g/mol. The zero-order valence-corrected chi connectivity index (χ0v) is 21.7. The molecule has 0 radical (unpaired) electrons. The minimum absolute atomic E-state index is 0.124. The molecule has 0 amide bonds. The molecular formula is C31H19ClF2OS2. The summed E-state index contributed by atoms with van der Waals surface area (Å²) in [5.41, 5.74) is 2.66. The predicted molar refractivity (Wildman–Crippen MR) is 148 cm³/mol. The number of halogens is 3. The van der Waals surface area contributed by atoms with E-state index in [1.54, 1.807) is 42.5 Å². The summed E-state index contributed by atoms with van der Waals surface area (Å²) in [5.74, 6) is -0.747. The van der Waals surface area contributed by atoms with Crippen LogP contribution in [0.4, 0.5) is 8.78 Å². The van der Waals surface area contributed by atoms with Gasteiger partial charge in [-0.25, -0.2) is 8.78 Å². The van der Waals surface area contributed by atoms with Gasteiger partial charge in [-0.05, 0) is 83.9 Å². The number of benzene rings is 5. The fourth-order valence-corrected chi connectivity index (χ4v) is 5.78. The van der Waals surface area contributed by atoms with Crippen LogP contribution in [0.5, 0.6) is 0 Å². The Morgan fingerprint density at radius 2 is 1.24 bits per heavy atom. The van der Waals surface area contributed by atoms with E-state index in [-0.39, 0.29) is 17.4 Å². The van der Waals surface area contributed by atoms with Crippen molar-refractivity contribution in [1.29, 1.82) is 0 Å². The van der Waals surface area contributed by atoms with Gasteiger partial charge in [-0.3, -0.25) is 4.79 Å². The number of carbonyl (C=O) groups excluding carboxylic acids is 1. The molecule has 0 aliphatic heterocycles. The van der Waals surface area contributed by atoms with E-state index < -0.39 is 0 Å². The Morgan fingerprint density at radius 1 is 0.622 bits per heavy atom. The lowest BCUT2D eigenvalue weighted by atomic mass is 10.0. The highest BCUT2D eigenvalue weighted by atomic mass is 35.5. The van der Waals surface area contributed by atoms with Gasteiger partial charge in [-0.15, -0.1) is 0 Å². The second-order valence-electron chi connectivity index (χ2n) is 8.16. The third-order valence-corrected chi connectivity index (χ3v) is 8.01. The molecule has 0 aliphatic carbocycles. The molecule has 0 spiro atoms. The Bertz CT molecular complexity index is 1550. The van der Waals surface area contributed by atoms with Gasteiger partial charge in [-0.2, -0.15) is 0 Å². The van der Waals surface area contributed by atoms with Crippen LogP contribution in [0, 0.1) is 11.6 Å². The minimum Gasteiger partial charge on any atom is -0.289 e. The van der Waals surface area contributed by atoms with Crippen molar-refractivity contribution in [3.05, 3.63) is 143 Å². The first-order valence-electron chi connectivity index (χ1n) is 11.4. The summed E-state index contributed by atoms with van der Waals surface area (Å²) in [5, 5.41) is 0.408. The number of ketones is 1. The largest absolute Gasteiger partial charge is 0.289 e. The van der Waals surface area contributed by atoms with Gasteiger partial charge in [0.2, 0.25) is 0 Å². The number of rotatable bonds is 7. The van der Waals surface area contributed by atoms with E-state index in [0.717, 1.165) is 30.7 Å². The van der Waals surface area contributed by atoms with Crippen molar-refractivity contribution in [2.45, 2.75) is 19.6 Å². The van der Waals surface area contributed by atoms with Crippen molar-refractivity contribution >= 4 is 40.9 Å². The second-order valence-corrected chi connectivity index (χ2v) is 10.8. The molecule has 0 aromatic heterocycles. The summed E-state index contributed by atoms with van der Waals surface area (Å²) in [6, 6.07) is 33.2. The first-order valence-corrected chi connectivity index (χ1v) is 13.4. The molecule has 0 N–H and O–H groups in total. The number of carbonyl (C=O) groups is 1. The molecule has 0 unspecified atom stereocenters. The van der Waals surface area contributed by atoms with E-state index in [4.69, 9.17) is 11.6 Å². The molecule has 5 rings (SSSR count). The average Bonchev–Trinajstić information content (AvgIpc) is 2.92. The van der Waals surface area contributed by atoms with Crippen molar-refractivity contribution in [2.24, 2.45) is 0 Å². The van der Waals surface area contributed by atoms with Crippen molar-refractivity contribution in [2.75, 3.05) is 0 Å². The molecule has 0 saturated carbocycles. The standard InChI is InChI=1S/C31H19ClF2OS2/c32-29-16-15-26(19-28(29)31(35)21-4-2-1-3-5-21)36-24-11-6-20(7-12-24)27-18-23(34)10-17-30(27)37-25-13-8-22(33)9-14-25/h1-19H. The van der Waals surface area contributed by atoms with E-state index in [1.165, 1.54) is 47.8 Å². The average molecular weight is 545 g/mol. The van der Waals surface area contributed by atoms with E-state index in [0.29, 0.717) is 16.1 Å². The fourth-order valence-electron chi connectivity index (χ4n) is 3.77. The Hall–Kier alpha value is -3.38. The maximum atomic E-state index is 14.1. The molecule has 0 aliphatic rings. The Kier molecular flexibility index (Phi) is 7.75. The molecule has 5 aromatic rings. The minimum atomic E-state index is -0.325. The SMILES string of the molecule is O=C(c1ccccc1)c1cc(Sc2ccc(-c3cc(F)ccc3Sc3ccc(F)cc3)cc2)ccc1Cl. The molecule has 0 bridgehead atoms. The molecular weight excluding hydrogens is 526 g/mol. The van der Waals surface area contributed by atoms with Crippen LogP contribution in [-0.2, 0) is 0 Å². The Labute approximate surface area is 227 Å². The van der Waals surface area contributed by atoms with E-state index in [9.17, 15) is 13.6 Å². The highest BCUT2D eigenvalue weighted by molar-refractivity contribution is 7.99. The van der Waals surface area contributed by atoms with Gasteiger partial charge in [0.15, 0.2) is 5.78 Å². The lowest BCUT2D eigenvalue weighted by Gasteiger charge is -2.11. The van der Waals surface area contributed by atoms with Crippen molar-refractivity contribution in [1.82, 2.24) is 0 Å². The van der Waals surface area contributed by atoms with Crippen LogP contribution >= 0.6 is 35.1 Å². The van der Waals surface area contributed by atoms with Crippen LogP contribution in [0.2, 0.25) is 5.02 Å². The van der Waals surface area contributed by atoms with Gasteiger partial charge in [0.25, 0.3) is 0 Å². The summed E-state index contributed by atoms with van der Waals surface area (Å²) in [7, 11) is 0. The third-order valence-electron chi connectivity index (χ3n) is 5.60. The summed E-state index contributed by atoms with van der Waals surface area (Å²) in [4.78, 5) is 16.5. The highest BCUT2D eigenvalue weighted by Gasteiger charge is 2.14. The summed E-state index contributed by atoms with van der Waals surface area (Å²) in [6.07, 6.45) is 0. The maximum Gasteiger partial charge on any atom is 0.194 e. The zero-order valence-electron chi connectivity index (χ0n) is 19.3. The number of hydrogen-bond acceptors (Lipinski definition) is 3. The molecule has 37 heavy (non-hydrogen) atoms. The molecule has 6 heteroatoms. The van der Waals surface area contributed by atoms with E-state index >= 15 is 0 Å². The van der Waals surface area contributed by atoms with Gasteiger partial charge in [0, 0.05) is 30.7 Å². The van der Waals surface area contributed by atoms with Gasteiger partial charge in [-0.1, -0.05) is 77.6 Å². The third kappa shape index (κ3) is 6.13. The van der Waals surface area contributed by atoms with Crippen molar-refractivity contribution in [3.8, 4) is 11.1 Å². The lowest BCUT2D eigenvalue weighted by Crippen LogP contribution is -2.02. The first kappa shape index (κ1) is 25.3. The zero-order chi connectivity index (χ0) is 25.8. The quantitative estimate of drug-likeness (QED) is 0.190. The van der Waals surface area contributed by atoms with E-state index in [2.05, 4.69) is 0 Å². The molecule has 182 valence electrons. The molecule has 0 saturated heterocycles. The molecule has 0 fully saturated rings. The smallest absolute Gasteiger partial charge is 0.194 e. The molecule has 1 nitrogen and oxygen atoms in total. The lowest BCUT2D eigenvalue weighted by molar-refractivity contribution is 0.103. The Morgan fingerprint density at radius 3 is 1.97 bits per heavy atom. The molecule has 0 atom stereocenters. The van der Waals surface area contributed by atoms with Gasteiger partial charge < -0.3 is 0 Å². The summed E-state index contributed by atoms with van der Waals surface area (Å²) in [6.45, 7) is 0. The predicted octanol–water partition coefficient (Wildman–Crippen LogP) is 9.82. The second kappa shape index (κ2) is 11.3. The first-order chi connectivity index (χ1) is 18.0. The topological polar surface area (TPSA) is 17.1 Å². The van der Waals surface area contributed by atoms with Crippen LogP contribution in [0.1, 0.15) is 15.9 Å². The molecule has 0 heterocycles. The summed E-state index contributed by atoms with van der Waals surface area (Å²) >= 11 is 9.31. The Balaban J connectivity index is 1.38. The fraction of sp³-hybridized carbons (Fsp3) is 0. The van der Waals surface area contributed by atoms with Crippen LogP contribution in [-0.4, -0.2) is 5.78 Å². The van der Waals surface area contributed by atoms with Gasteiger partial charge in [0.05, 0.1) is 5.02 Å². The maximum absolute atomic E-state index is 14.1. The van der Waals surface area contributed by atoms with Crippen LogP contribution in [0.25, 0.3) is 11.1 Å². The van der Waals surface area contributed by atoms with Crippen molar-refractivity contribution < 1.29 is 13.6 Å². The van der Waals surface area contributed by atoms with Gasteiger partial charge >= 0.3 is 0 Å². The van der Waals surface area contributed by atoms with Crippen molar-refractivity contribution in [3.63, 3.8) is 0 Å². The highest BCUT2D eigenvalue weighted by Crippen LogP contribution is 2.38. The van der Waals surface area contributed by atoms with Crippen LogP contribution in [0.3, 0.4) is 0 Å².